The van der Waals surface area contributed by atoms with Crippen LogP contribution in [0.15, 0.2) is 18.2 Å². The summed E-state index contributed by atoms with van der Waals surface area (Å²) in [5, 5.41) is 3.03. The van der Waals surface area contributed by atoms with Crippen molar-refractivity contribution in [2.45, 2.75) is 90.3 Å². The second-order valence-corrected chi connectivity index (χ2v) is 11.6. The number of ether oxygens (including phenoxy) is 3. The third-order valence-electron chi connectivity index (χ3n) is 8.90. The second-order valence-electron chi connectivity index (χ2n) is 11.6. The third-order valence-corrected chi connectivity index (χ3v) is 8.90. The highest BCUT2D eigenvalue weighted by Crippen LogP contribution is 2.65. The number of hydrogen-bond acceptors (Lipinski definition) is 8. The Morgan fingerprint density at radius 3 is 2.58 bits per heavy atom. The molecule has 5 atom stereocenters. The van der Waals surface area contributed by atoms with E-state index in [1.807, 2.05) is 0 Å². The molecule has 9 nitrogen and oxygen atoms in total. The molecule has 220 valence electrons. The molecule has 1 amide bonds. The molecule has 1 N–H and O–H groups in total. The summed E-state index contributed by atoms with van der Waals surface area (Å²) >= 11 is 0. The maximum absolute atomic E-state index is 12.8. The van der Waals surface area contributed by atoms with Crippen molar-refractivity contribution in [3.8, 4) is 5.75 Å². The van der Waals surface area contributed by atoms with Gasteiger partial charge in [0.25, 0.3) is 0 Å². The zero-order chi connectivity index (χ0) is 29.2. The second kappa shape index (κ2) is 12.0. The molecule has 4 aliphatic rings. The van der Waals surface area contributed by atoms with Crippen LogP contribution in [-0.4, -0.2) is 62.9 Å². The van der Waals surface area contributed by atoms with E-state index in [-0.39, 0.29) is 41.6 Å². The summed E-state index contributed by atoms with van der Waals surface area (Å²) < 4.78 is 52.9. The number of amides is 1. The largest absolute Gasteiger partial charge is 0.496 e. The zero-order valence-electron chi connectivity index (χ0n) is 23.7. The fourth-order valence-corrected chi connectivity index (χ4v) is 6.51. The van der Waals surface area contributed by atoms with E-state index in [0.29, 0.717) is 17.4 Å². The molecule has 3 aliphatic carbocycles. The molecule has 0 aromatic heterocycles. The number of hydrogen-bond donors (Lipinski definition) is 1. The Morgan fingerprint density at radius 1 is 1.18 bits per heavy atom. The number of carbonyl (C=O) groups is 3. The highest BCUT2D eigenvalue weighted by Gasteiger charge is 2.68. The van der Waals surface area contributed by atoms with Crippen molar-refractivity contribution in [2.75, 3.05) is 13.9 Å². The molecular weight excluding hydrogens is 527 g/mol. The van der Waals surface area contributed by atoms with E-state index >= 15 is 0 Å². The zero-order valence-corrected chi connectivity index (χ0v) is 23.7. The number of methoxy groups -OCH3 is 1. The monoisotopic (exact) mass is 565 g/mol. The van der Waals surface area contributed by atoms with E-state index < -0.39 is 56.7 Å². The van der Waals surface area contributed by atoms with Crippen LogP contribution < -0.4 is 10.1 Å². The van der Waals surface area contributed by atoms with Gasteiger partial charge in [-0.25, -0.2) is 13.6 Å². The van der Waals surface area contributed by atoms with E-state index in [4.69, 9.17) is 23.5 Å². The fraction of sp³-hybridized carbons (Fsp3) is 0.679. The molecule has 2 bridgehead atoms. The predicted molar refractivity (Wildman–Crippen MR) is 141 cm³/mol. The minimum atomic E-state index is -2.63. The minimum absolute atomic E-state index is 0.0677. The normalized spacial score (nSPS) is 26.9. The van der Waals surface area contributed by atoms with Crippen molar-refractivity contribution >= 4 is 25.0 Å². The van der Waals surface area contributed by atoms with Crippen molar-refractivity contribution in [3.05, 3.63) is 29.3 Å². The lowest BCUT2D eigenvalue weighted by Crippen LogP contribution is -2.65. The van der Waals surface area contributed by atoms with Gasteiger partial charge in [0.15, 0.2) is 0 Å². The maximum Gasteiger partial charge on any atom is 0.482 e. The lowest BCUT2D eigenvalue weighted by molar-refractivity contribution is -0.199. The van der Waals surface area contributed by atoms with Gasteiger partial charge in [-0.1, -0.05) is 32.9 Å². The molecule has 1 saturated heterocycles. The molecule has 1 aromatic carbocycles. The molecule has 0 radical (unpaired) electrons. The summed E-state index contributed by atoms with van der Waals surface area (Å²) in [4.78, 5) is 36.8. The van der Waals surface area contributed by atoms with Gasteiger partial charge in [0.2, 0.25) is 19.1 Å². The summed E-state index contributed by atoms with van der Waals surface area (Å²) in [6, 6.07) is 4.92. The fourth-order valence-electron chi connectivity index (χ4n) is 6.51. The Kier molecular flexibility index (Phi) is 9.09. The van der Waals surface area contributed by atoms with Gasteiger partial charge in [-0.2, -0.15) is 0 Å². The first-order valence-electron chi connectivity index (χ1n) is 13.8. The topological polar surface area (TPSA) is 109 Å². The molecule has 5 unspecified atom stereocenters. The molecule has 12 heteroatoms. The Labute approximate surface area is 233 Å². The van der Waals surface area contributed by atoms with Gasteiger partial charge in [-0.15, -0.1) is 0 Å². The van der Waals surface area contributed by atoms with Crippen LogP contribution in [0.2, 0.25) is 0 Å². The van der Waals surface area contributed by atoms with Crippen molar-refractivity contribution in [1.29, 1.82) is 0 Å². The maximum atomic E-state index is 12.8. The van der Waals surface area contributed by atoms with Crippen LogP contribution in [0.1, 0.15) is 75.7 Å². The molecule has 5 rings (SSSR count). The van der Waals surface area contributed by atoms with E-state index in [2.05, 4.69) is 26.1 Å². The van der Waals surface area contributed by atoms with Crippen LogP contribution in [0.4, 0.5) is 8.78 Å². The van der Waals surface area contributed by atoms with Gasteiger partial charge in [-0.05, 0) is 55.1 Å². The molecular formula is C28H38BF2NO8. The molecule has 1 aliphatic heterocycles. The Morgan fingerprint density at radius 2 is 1.93 bits per heavy atom. The summed E-state index contributed by atoms with van der Waals surface area (Å²) in [5.74, 6) is -1.26. The molecule has 4 fully saturated rings. The molecule has 1 aromatic rings. The van der Waals surface area contributed by atoms with Crippen molar-refractivity contribution < 1.29 is 46.7 Å². The quantitative estimate of drug-likeness (QED) is 0.229. The molecule has 40 heavy (non-hydrogen) atoms. The van der Waals surface area contributed by atoms with Crippen molar-refractivity contribution in [2.24, 2.45) is 17.3 Å². The number of rotatable bonds is 12. The predicted octanol–water partition coefficient (Wildman–Crippen LogP) is 4.10. The van der Waals surface area contributed by atoms with Crippen LogP contribution in [-0.2, 0) is 34.8 Å². The Hall–Kier alpha value is -2.73. The van der Waals surface area contributed by atoms with Gasteiger partial charge in [0, 0.05) is 12.8 Å². The third kappa shape index (κ3) is 5.98. The smallest absolute Gasteiger partial charge is 0.482 e. The van der Waals surface area contributed by atoms with Gasteiger partial charge in [0.05, 0.1) is 31.2 Å². The highest BCUT2D eigenvalue weighted by molar-refractivity contribution is 6.48. The number of nitrogens with one attached hydrogen (secondary N) is 1. The number of alkyl halides is 2. The van der Waals surface area contributed by atoms with E-state index in [9.17, 15) is 23.2 Å². The van der Waals surface area contributed by atoms with Crippen LogP contribution in [0, 0.1) is 17.3 Å². The first-order valence-corrected chi connectivity index (χ1v) is 13.8. The number of para-hydroxylation sites is 1. The number of esters is 2. The standard InChI is InChI=1S/C28H38BF2NO8/c1-6-23(33)32-21(29-39-20-14-17-13-19(27(17,2)3)28(20,4)40-29)12-16-8-7-9-18(25(16)36-5)26(35)38-15-37-24(34)11-10-22(30)31/h7-9,17,19-22H,6,10-15H2,1-5H3,(H,32,33). The molecule has 3 saturated carbocycles. The van der Waals surface area contributed by atoms with E-state index in [0.717, 1.165) is 12.8 Å². The van der Waals surface area contributed by atoms with E-state index in [1.165, 1.54) is 13.2 Å². The average Bonchev–Trinajstić information content (AvgIpc) is 3.28. The van der Waals surface area contributed by atoms with Crippen LogP contribution >= 0.6 is 0 Å². The van der Waals surface area contributed by atoms with Crippen molar-refractivity contribution in [3.63, 3.8) is 0 Å². The number of benzene rings is 1. The molecule has 0 spiro atoms. The van der Waals surface area contributed by atoms with Gasteiger partial charge in [0.1, 0.15) is 11.3 Å². The van der Waals surface area contributed by atoms with Crippen LogP contribution in [0.5, 0.6) is 5.75 Å². The number of halogens is 2. The Bertz CT molecular complexity index is 1120. The minimum Gasteiger partial charge on any atom is -0.496 e. The van der Waals surface area contributed by atoms with Gasteiger partial charge < -0.3 is 28.8 Å². The number of carbonyl (C=O) groups excluding carboxylic acids is 3. The first-order chi connectivity index (χ1) is 18.9. The van der Waals surface area contributed by atoms with Gasteiger partial charge >= 0.3 is 19.1 Å². The summed E-state index contributed by atoms with van der Waals surface area (Å²) in [5.41, 5.74) is 0.409. The summed E-state index contributed by atoms with van der Waals surface area (Å²) in [6.45, 7) is 7.71. The van der Waals surface area contributed by atoms with Crippen LogP contribution in [0.3, 0.4) is 0 Å². The highest BCUT2D eigenvalue weighted by atomic mass is 19.3. The summed E-state index contributed by atoms with van der Waals surface area (Å²) in [6.07, 6.45) is -1.28. The lowest BCUT2D eigenvalue weighted by Gasteiger charge is -2.64. The first kappa shape index (κ1) is 30.2. The SMILES string of the molecule is CCC(=O)NC(Cc1cccc(C(=O)OCOC(=O)CCC(F)F)c1OC)B1OC2CC3CC(C3(C)C)C2(C)O1. The molecule has 1 heterocycles. The van der Waals surface area contributed by atoms with Crippen LogP contribution in [0.25, 0.3) is 0 Å². The van der Waals surface area contributed by atoms with E-state index in [1.54, 1.807) is 19.1 Å². The Balaban J connectivity index is 1.47. The summed E-state index contributed by atoms with van der Waals surface area (Å²) in [7, 11) is 0.723. The van der Waals surface area contributed by atoms with Crippen molar-refractivity contribution in [1.82, 2.24) is 5.32 Å². The van der Waals surface area contributed by atoms with Gasteiger partial charge in [-0.3, -0.25) is 9.59 Å². The lowest BCUT2D eigenvalue weighted by atomic mass is 9.43. The average molecular weight is 565 g/mol.